The van der Waals surface area contributed by atoms with Crippen molar-refractivity contribution in [2.24, 2.45) is 5.10 Å². The number of H-pyrrole nitrogens is 1. The summed E-state index contributed by atoms with van der Waals surface area (Å²) in [6.07, 6.45) is 1.59. The third-order valence-corrected chi connectivity index (χ3v) is 4.32. The summed E-state index contributed by atoms with van der Waals surface area (Å²) in [5.41, 5.74) is 1.45. The van der Waals surface area contributed by atoms with E-state index in [-0.39, 0.29) is 0 Å². The molecule has 0 amide bonds. The molecule has 0 bridgehead atoms. The number of carbonyl (C=O) groups is 1. The van der Waals surface area contributed by atoms with Crippen LogP contribution in [-0.4, -0.2) is 48.4 Å². The van der Waals surface area contributed by atoms with Gasteiger partial charge in [0, 0.05) is 12.5 Å². The highest BCUT2D eigenvalue weighted by Gasteiger charge is 2.12. The molecule has 0 unspecified atom stereocenters. The molecule has 2 aromatic carbocycles. The Kier molecular flexibility index (Phi) is 6.48. The molecule has 0 aliphatic heterocycles. The summed E-state index contributed by atoms with van der Waals surface area (Å²) < 4.78 is 22.8. The Bertz CT molecular complexity index is 1150. The summed E-state index contributed by atoms with van der Waals surface area (Å²) in [6.45, 7) is 1.32. The van der Waals surface area contributed by atoms with Gasteiger partial charge in [0.05, 0.1) is 27.5 Å². The zero-order chi connectivity index (χ0) is 21.7. The lowest BCUT2D eigenvalue weighted by atomic mass is 10.2. The number of hydrogen-bond donors (Lipinski definition) is 1. The van der Waals surface area contributed by atoms with Gasteiger partial charge in [-0.25, -0.2) is 5.10 Å². The van der Waals surface area contributed by atoms with E-state index in [0.717, 1.165) is 5.56 Å². The second kappa shape index (κ2) is 9.23. The first-order valence-corrected chi connectivity index (χ1v) is 9.18. The van der Waals surface area contributed by atoms with Crippen molar-refractivity contribution in [1.29, 1.82) is 0 Å². The highest BCUT2D eigenvalue weighted by molar-refractivity contribution is 7.71. The molecule has 10 heteroatoms. The molecular weight excluding hydrogens is 408 g/mol. The first-order valence-electron chi connectivity index (χ1n) is 8.77. The third kappa shape index (κ3) is 4.49. The first kappa shape index (κ1) is 21.1. The van der Waals surface area contributed by atoms with E-state index in [1.54, 1.807) is 50.8 Å². The van der Waals surface area contributed by atoms with Crippen LogP contribution in [0.3, 0.4) is 0 Å². The van der Waals surface area contributed by atoms with E-state index in [9.17, 15) is 4.79 Å². The van der Waals surface area contributed by atoms with Crippen LogP contribution in [0.15, 0.2) is 41.5 Å². The number of ether oxygens (including phenoxy) is 4. The summed E-state index contributed by atoms with van der Waals surface area (Å²) in [5, 5.41) is 11.4. The second-order valence-corrected chi connectivity index (χ2v) is 6.37. The first-order chi connectivity index (χ1) is 14.5. The molecule has 3 aromatic rings. The quantitative estimate of drug-likeness (QED) is 0.266. The van der Waals surface area contributed by atoms with Crippen molar-refractivity contribution in [3.05, 3.63) is 46.7 Å². The van der Waals surface area contributed by atoms with Crippen LogP contribution in [0.2, 0.25) is 0 Å². The van der Waals surface area contributed by atoms with E-state index < -0.39 is 5.97 Å². The smallest absolute Gasteiger partial charge is 0.308 e. The van der Waals surface area contributed by atoms with E-state index in [1.807, 2.05) is 6.07 Å². The fraction of sp³-hybridized carbons (Fsp3) is 0.200. The van der Waals surface area contributed by atoms with Gasteiger partial charge in [-0.15, -0.1) is 0 Å². The van der Waals surface area contributed by atoms with Crippen molar-refractivity contribution < 1.29 is 23.7 Å². The van der Waals surface area contributed by atoms with Gasteiger partial charge >= 0.3 is 5.97 Å². The molecule has 3 rings (SSSR count). The molecule has 1 heterocycles. The summed E-state index contributed by atoms with van der Waals surface area (Å²) in [5.74, 6) is 1.97. The Morgan fingerprint density at radius 1 is 1.03 bits per heavy atom. The van der Waals surface area contributed by atoms with Gasteiger partial charge in [0.15, 0.2) is 28.8 Å². The predicted molar refractivity (Wildman–Crippen MR) is 113 cm³/mol. The Morgan fingerprint density at radius 2 is 1.70 bits per heavy atom. The lowest BCUT2D eigenvalue weighted by Crippen LogP contribution is -2.03. The van der Waals surface area contributed by atoms with Crippen LogP contribution in [-0.2, 0) is 4.79 Å². The van der Waals surface area contributed by atoms with E-state index in [2.05, 4.69) is 15.3 Å². The van der Waals surface area contributed by atoms with Crippen LogP contribution in [0.1, 0.15) is 12.5 Å². The number of esters is 1. The molecule has 0 aliphatic carbocycles. The maximum absolute atomic E-state index is 11.2. The molecule has 9 nitrogen and oxygen atoms in total. The molecule has 0 radical (unpaired) electrons. The molecule has 1 aromatic heterocycles. The molecule has 30 heavy (non-hydrogen) atoms. The largest absolute Gasteiger partial charge is 0.493 e. The van der Waals surface area contributed by atoms with Gasteiger partial charge in [-0.05, 0) is 54.2 Å². The summed E-state index contributed by atoms with van der Waals surface area (Å²) in [6, 6.07) is 10.5. The van der Waals surface area contributed by atoms with Crippen molar-refractivity contribution >= 4 is 24.4 Å². The minimum absolute atomic E-state index is 0.319. The van der Waals surface area contributed by atoms with Crippen LogP contribution in [0.25, 0.3) is 11.4 Å². The van der Waals surface area contributed by atoms with E-state index >= 15 is 0 Å². The fourth-order valence-electron chi connectivity index (χ4n) is 2.69. The number of aromatic amines is 1. The highest BCUT2D eigenvalue weighted by atomic mass is 32.1. The molecule has 0 spiro atoms. The zero-order valence-electron chi connectivity index (χ0n) is 16.8. The number of carbonyl (C=O) groups excluding carboxylic acids is 1. The van der Waals surface area contributed by atoms with Gasteiger partial charge in [-0.2, -0.15) is 14.9 Å². The average molecular weight is 428 g/mol. The Balaban J connectivity index is 1.95. The van der Waals surface area contributed by atoms with Crippen molar-refractivity contribution in [2.75, 3.05) is 21.3 Å². The van der Waals surface area contributed by atoms with Gasteiger partial charge in [0.25, 0.3) is 0 Å². The van der Waals surface area contributed by atoms with Crippen molar-refractivity contribution in [2.45, 2.75) is 6.92 Å². The van der Waals surface area contributed by atoms with Crippen molar-refractivity contribution in [3.8, 4) is 34.4 Å². The van der Waals surface area contributed by atoms with E-state index in [1.165, 1.54) is 18.7 Å². The normalized spacial score (nSPS) is 10.8. The Labute approximate surface area is 177 Å². The van der Waals surface area contributed by atoms with Crippen LogP contribution in [0.4, 0.5) is 0 Å². The monoisotopic (exact) mass is 428 g/mol. The van der Waals surface area contributed by atoms with Crippen LogP contribution < -0.4 is 18.9 Å². The van der Waals surface area contributed by atoms with E-state index in [4.69, 9.17) is 31.2 Å². The average Bonchev–Trinajstić information content (AvgIpc) is 3.12. The molecule has 0 saturated heterocycles. The standard InChI is InChI=1S/C20H20N4O5S/c1-12(25)29-16-7-5-13(9-17(16)27-3)11-21-24-19(22-23-20(24)30)14-6-8-15(26-2)18(10-14)28-4/h5-11H,1-4H3,(H,23,30)/b21-11-. The lowest BCUT2D eigenvalue weighted by Gasteiger charge is -2.09. The number of nitrogens with one attached hydrogen (secondary N) is 1. The highest BCUT2D eigenvalue weighted by Crippen LogP contribution is 2.32. The lowest BCUT2D eigenvalue weighted by molar-refractivity contribution is -0.132. The van der Waals surface area contributed by atoms with Crippen molar-refractivity contribution in [3.63, 3.8) is 0 Å². The third-order valence-electron chi connectivity index (χ3n) is 4.06. The van der Waals surface area contributed by atoms with Gasteiger partial charge < -0.3 is 18.9 Å². The van der Waals surface area contributed by atoms with Gasteiger partial charge in [0.1, 0.15) is 0 Å². The minimum Gasteiger partial charge on any atom is -0.493 e. The van der Waals surface area contributed by atoms with Gasteiger partial charge in [0.2, 0.25) is 4.77 Å². The zero-order valence-corrected chi connectivity index (χ0v) is 17.6. The molecule has 1 N–H and O–H groups in total. The molecule has 156 valence electrons. The number of methoxy groups -OCH3 is 3. The second-order valence-electron chi connectivity index (χ2n) is 5.98. The molecule has 0 saturated carbocycles. The topological polar surface area (TPSA) is 100.0 Å². The maximum Gasteiger partial charge on any atom is 0.308 e. The number of nitrogens with zero attached hydrogens (tertiary/aromatic N) is 3. The van der Waals surface area contributed by atoms with E-state index in [0.29, 0.717) is 39.2 Å². The Hall–Kier alpha value is -3.66. The Morgan fingerprint density at radius 3 is 2.37 bits per heavy atom. The predicted octanol–water partition coefficient (Wildman–Crippen LogP) is 3.44. The number of benzene rings is 2. The van der Waals surface area contributed by atoms with Crippen LogP contribution in [0.5, 0.6) is 23.0 Å². The van der Waals surface area contributed by atoms with Gasteiger partial charge in [-0.1, -0.05) is 0 Å². The fourth-order valence-corrected chi connectivity index (χ4v) is 2.87. The summed E-state index contributed by atoms with van der Waals surface area (Å²) in [7, 11) is 4.62. The number of hydrogen-bond acceptors (Lipinski definition) is 8. The molecule has 0 atom stereocenters. The molecule has 0 aliphatic rings. The number of aromatic nitrogens is 3. The molecule has 0 fully saturated rings. The molecular formula is C20H20N4O5S. The summed E-state index contributed by atoms with van der Waals surface area (Å²) >= 11 is 5.31. The van der Waals surface area contributed by atoms with Crippen LogP contribution in [0, 0.1) is 4.77 Å². The van der Waals surface area contributed by atoms with Gasteiger partial charge in [-0.3, -0.25) is 4.79 Å². The maximum atomic E-state index is 11.2. The summed E-state index contributed by atoms with van der Waals surface area (Å²) in [4.78, 5) is 11.2. The van der Waals surface area contributed by atoms with Crippen LogP contribution >= 0.6 is 12.2 Å². The number of rotatable bonds is 7. The van der Waals surface area contributed by atoms with Crippen molar-refractivity contribution in [1.82, 2.24) is 14.9 Å². The SMILES string of the molecule is COc1ccc(-c2n[nH]c(=S)n2/N=C\c2ccc(OC(C)=O)c(OC)c2)cc1OC. The minimum atomic E-state index is -0.431.